The summed E-state index contributed by atoms with van der Waals surface area (Å²) in [5.74, 6) is -13.8. The standard InChI is InChI=1S/C38H48O17/c1-12-20-23(35(9)36(10,46)32(45)55-38(35)29(12)54-38)26(49-14(3)40)21-19-22(27(50-15(4)41)30(33(20,21)7)51-16(5)42)34(8)31(52-17(6)43)24-18(53-24)11-37(34,47)28(44)25(19)48-13(2)39/h12,18-27,29-31,46-47H,11H2,1-10H3/t12-,18-,19?,20?,21+,22?,23-,24-,25+,26+,27-,29+,30-,31-,33+,34-,35-,36+,37-,38-/m0/s1. The molecule has 8 fully saturated rings. The predicted molar refractivity (Wildman–Crippen MR) is 176 cm³/mol. The number of epoxide rings is 2. The van der Waals surface area contributed by atoms with Crippen molar-refractivity contribution < 1.29 is 81.7 Å². The van der Waals surface area contributed by atoms with Crippen LogP contribution in [-0.2, 0) is 71.5 Å². The molecule has 5 saturated carbocycles. The van der Waals surface area contributed by atoms with E-state index in [-0.39, 0.29) is 6.42 Å². The minimum atomic E-state index is -2.44. The molecule has 0 aromatic carbocycles. The summed E-state index contributed by atoms with van der Waals surface area (Å²) in [6, 6.07) is 0. The summed E-state index contributed by atoms with van der Waals surface area (Å²) in [5, 5.41) is 25.0. The Morgan fingerprint density at radius 1 is 0.709 bits per heavy atom. The monoisotopic (exact) mass is 776 g/mol. The van der Waals surface area contributed by atoms with Gasteiger partial charge in [-0.15, -0.1) is 0 Å². The Balaban J connectivity index is 1.46. The number of hydrogen-bond acceptors (Lipinski definition) is 17. The molecule has 0 aromatic heterocycles. The van der Waals surface area contributed by atoms with E-state index < -0.39 is 159 Å². The Morgan fingerprint density at radius 3 is 1.82 bits per heavy atom. The number of carbonyl (C=O) groups is 7. The highest BCUT2D eigenvalue weighted by Crippen LogP contribution is 2.81. The SMILES string of the molecule is CC(=O)O[C@@H]1[C@H]2C3C([C@H](OC(C)=O)[C@H](OC(C)=O)[C@]2(C)C2[C@H](C)[C@H]4O[C@]45OC(=O)[C@@](C)(O)[C@]5(C)[C@@H]21)[C@@]1(C)[C@@H](OC(C)=O)[C@H]2O[C@H]2C[C@]1(O)C(=O)[C@@H]3OC(C)=O. The first-order valence-electron chi connectivity index (χ1n) is 18.8. The third-order valence-corrected chi connectivity index (χ3v) is 15.4. The van der Waals surface area contributed by atoms with Crippen LogP contribution in [0.1, 0.15) is 75.7 Å². The second-order valence-corrected chi connectivity index (χ2v) is 17.9. The van der Waals surface area contributed by atoms with Crippen LogP contribution in [0.3, 0.4) is 0 Å². The van der Waals surface area contributed by atoms with Gasteiger partial charge in [-0.3, -0.25) is 28.8 Å². The number of carbonyl (C=O) groups excluding carboxylic acids is 7. The van der Waals surface area contributed by atoms with E-state index in [2.05, 4.69) is 0 Å². The fraction of sp³-hybridized carbons (Fsp3) is 0.816. The summed E-state index contributed by atoms with van der Waals surface area (Å²) < 4.78 is 48.6. The molecule has 5 aliphatic carbocycles. The Morgan fingerprint density at radius 2 is 1.25 bits per heavy atom. The van der Waals surface area contributed by atoms with Gasteiger partial charge in [-0.05, 0) is 25.7 Å². The molecule has 2 N–H and O–H groups in total. The number of ether oxygens (including phenoxy) is 8. The fourth-order valence-electron chi connectivity index (χ4n) is 13.5. The number of aliphatic hydroxyl groups is 2. The highest BCUT2D eigenvalue weighted by Gasteiger charge is 2.94. The van der Waals surface area contributed by atoms with Gasteiger partial charge in [0.25, 0.3) is 0 Å². The van der Waals surface area contributed by atoms with Crippen LogP contribution < -0.4 is 0 Å². The predicted octanol–water partition coefficient (Wildman–Crippen LogP) is 0.310. The summed E-state index contributed by atoms with van der Waals surface area (Å²) in [4.78, 5) is 94.5. The molecule has 20 atom stereocenters. The van der Waals surface area contributed by atoms with Crippen LogP contribution in [0, 0.1) is 51.8 Å². The second-order valence-electron chi connectivity index (χ2n) is 17.9. The maximum absolute atomic E-state index is 15.2. The highest BCUT2D eigenvalue weighted by atomic mass is 16.8. The van der Waals surface area contributed by atoms with Crippen molar-refractivity contribution in [3.05, 3.63) is 0 Å². The number of rotatable bonds is 5. The minimum Gasteiger partial charge on any atom is -0.462 e. The number of fused-ring (bicyclic) bond motifs is 9. The van der Waals surface area contributed by atoms with Gasteiger partial charge in [-0.25, -0.2) is 4.79 Å². The largest absolute Gasteiger partial charge is 0.462 e. The van der Waals surface area contributed by atoms with Crippen LogP contribution in [0.2, 0.25) is 0 Å². The minimum absolute atomic E-state index is 0.295. The molecular weight excluding hydrogens is 728 g/mol. The Bertz CT molecular complexity index is 1830. The topological polar surface area (TPSA) is 240 Å². The van der Waals surface area contributed by atoms with Crippen LogP contribution in [0.4, 0.5) is 0 Å². The molecule has 3 aliphatic heterocycles. The molecule has 0 bridgehead atoms. The maximum Gasteiger partial charge on any atom is 0.341 e. The van der Waals surface area contributed by atoms with Gasteiger partial charge in [0.2, 0.25) is 11.6 Å². The lowest BCUT2D eigenvalue weighted by Gasteiger charge is -2.67. The lowest BCUT2D eigenvalue weighted by atomic mass is 9.39. The third kappa shape index (κ3) is 4.35. The first-order valence-corrected chi connectivity index (χ1v) is 18.8. The van der Waals surface area contributed by atoms with Gasteiger partial charge < -0.3 is 48.1 Å². The zero-order chi connectivity index (χ0) is 40.5. The summed E-state index contributed by atoms with van der Waals surface area (Å²) in [7, 11) is 0. The molecule has 17 nitrogen and oxygen atoms in total. The smallest absolute Gasteiger partial charge is 0.341 e. The van der Waals surface area contributed by atoms with Crippen LogP contribution in [0.15, 0.2) is 0 Å². The number of hydrogen-bond donors (Lipinski definition) is 2. The van der Waals surface area contributed by atoms with Crippen LogP contribution in [0.5, 0.6) is 0 Å². The van der Waals surface area contributed by atoms with Gasteiger partial charge in [0, 0.05) is 70.1 Å². The van der Waals surface area contributed by atoms with Crippen molar-refractivity contribution in [2.75, 3.05) is 0 Å². The molecule has 3 unspecified atom stereocenters. The molecule has 8 rings (SSSR count). The molecular formula is C38H48O17. The number of ketones is 1. The third-order valence-electron chi connectivity index (χ3n) is 15.4. The number of Topliss-reactive ketones (excluding diaryl/α,β-unsaturated/α-hetero) is 1. The molecule has 17 heteroatoms. The van der Waals surface area contributed by atoms with E-state index in [1.165, 1.54) is 20.8 Å². The normalized spacial score (nSPS) is 54.6. The average molecular weight is 777 g/mol. The second kappa shape index (κ2) is 11.3. The van der Waals surface area contributed by atoms with E-state index in [1.807, 2.05) is 6.92 Å². The Hall–Kier alpha value is -3.67. The molecule has 55 heavy (non-hydrogen) atoms. The van der Waals surface area contributed by atoms with Crippen LogP contribution in [-0.4, -0.2) is 118 Å². The maximum atomic E-state index is 15.2. The number of esters is 6. The molecule has 0 radical (unpaired) electrons. The van der Waals surface area contributed by atoms with Crippen molar-refractivity contribution in [2.45, 2.75) is 141 Å². The van der Waals surface area contributed by atoms with E-state index in [4.69, 9.17) is 37.9 Å². The average Bonchev–Trinajstić information content (AvgIpc) is 3.95. The van der Waals surface area contributed by atoms with Gasteiger partial charge in [0.1, 0.15) is 42.2 Å². The van der Waals surface area contributed by atoms with Crippen molar-refractivity contribution in [3.8, 4) is 0 Å². The summed E-state index contributed by atoms with van der Waals surface area (Å²) >= 11 is 0. The van der Waals surface area contributed by atoms with E-state index in [0.717, 1.165) is 27.7 Å². The summed E-state index contributed by atoms with van der Waals surface area (Å²) in [6.45, 7) is 13.7. The van der Waals surface area contributed by atoms with E-state index in [1.54, 1.807) is 13.8 Å². The van der Waals surface area contributed by atoms with Crippen molar-refractivity contribution in [1.82, 2.24) is 0 Å². The fourth-order valence-corrected chi connectivity index (χ4v) is 13.5. The molecule has 8 aliphatic rings. The van der Waals surface area contributed by atoms with Gasteiger partial charge in [0.05, 0.1) is 16.9 Å². The Labute approximate surface area is 316 Å². The lowest BCUT2D eigenvalue weighted by molar-refractivity contribution is -0.298. The van der Waals surface area contributed by atoms with E-state index in [0.29, 0.717) is 0 Å². The zero-order valence-corrected chi connectivity index (χ0v) is 32.3. The summed E-state index contributed by atoms with van der Waals surface area (Å²) in [6.07, 6.45) is -10.0. The molecule has 0 amide bonds. The van der Waals surface area contributed by atoms with Crippen molar-refractivity contribution >= 4 is 41.6 Å². The van der Waals surface area contributed by atoms with Crippen LogP contribution >= 0.6 is 0 Å². The van der Waals surface area contributed by atoms with E-state index >= 15 is 4.79 Å². The lowest BCUT2D eigenvalue weighted by Crippen LogP contribution is -2.80. The molecule has 0 aromatic rings. The molecule has 3 heterocycles. The molecule has 1 spiro atoms. The molecule has 3 saturated heterocycles. The van der Waals surface area contributed by atoms with Gasteiger partial charge in [-0.1, -0.05) is 20.8 Å². The van der Waals surface area contributed by atoms with Gasteiger partial charge in [-0.2, -0.15) is 0 Å². The highest BCUT2D eigenvalue weighted by molar-refractivity contribution is 5.95. The van der Waals surface area contributed by atoms with Crippen molar-refractivity contribution in [2.24, 2.45) is 51.8 Å². The Kier molecular flexibility index (Phi) is 7.82. The van der Waals surface area contributed by atoms with Gasteiger partial charge in [0.15, 0.2) is 11.7 Å². The van der Waals surface area contributed by atoms with Crippen molar-refractivity contribution in [3.63, 3.8) is 0 Å². The van der Waals surface area contributed by atoms with Crippen molar-refractivity contribution in [1.29, 1.82) is 0 Å². The van der Waals surface area contributed by atoms with E-state index in [9.17, 15) is 39.0 Å². The first-order chi connectivity index (χ1) is 25.4. The zero-order valence-electron chi connectivity index (χ0n) is 32.3. The quantitative estimate of drug-likeness (QED) is 0.217. The van der Waals surface area contributed by atoms with Gasteiger partial charge >= 0.3 is 35.8 Å². The van der Waals surface area contributed by atoms with Crippen LogP contribution in [0.25, 0.3) is 0 Å². The molecule has 302 valence electrons. The first kappa shape index (κ1) is 38.2. The summed E-state index contributed by atoms with van der Waals surface area (Å²) in [5.41, 5.74) is -9.69.